The maximum Gasteiger partial charge on any atom is 0.240 e. The normalized spacial score (nSPS) is 27.1. The van der Waals surface area contributed by atoms with E-state index in [4.69, 9.17) is 4.74 Å². The fourth-order valence-corrected chi connectivity index (χ4v) is 9.58. The number of anilines is 1. The molecule has 2 amide bonds. The Morgan fingerprint density at radius 2 is 1.82 bits per heavy atom. The highest BCUT2D eigenvalue weighted by atomic mass is 28.4. The Morgan fingerprint density at radius 1 is 1.10 bits per heavy atom. The summed E-state index contributed by atoms with van der Waals surface area (Å²) in [7, 11) is -2.62. The molecule has 0 spiro atoms. The van der Waals surface area contributed by atoms with Crippen LogP contribution in [-0.2, 0) is 33.7 Å². The maximum atomic E-state index is 13.6. The topological polar surface area (TPSA) is 102 Å². The molecule has 9 heteroatoms. The number of rotatable bonds is 8. The van der Waals surface area contributed by atoms with Crippen LogP contribution in [0.15, 0.2) is 48.5 Å². The van der Waals surface area contributed by atoms with E-state index in [1.807, 2.05) is 48.3 Å². The maximum absolute atomic E-state index is 13.6. The molecule has 2 aromatic rings. The molecule has 5 rings (SSSR count). The van der Waals surface area contributed by atoms with Gasteiger partial charge in [0.25, 0.3) is 0 Å². The van der Waals surface area contributed by atoms with Crippen molar-refractivity contribution in [3.8, 4) is 0 Å². The average molecular weight is 566 g/mol. The van der Waals surface area contributed by atoms with E-state index in [0.29, 0.717) is 26.1 Å². The molecule has 3 aliphatic rings. The number of hydrogen-bond acceptors (Lipinski definition) is 6. The molecule has 2 fully saturated rings. The lowest BCUT2D eigenvalue weighted by atomic mass is 9.93. The Morgan fingerprint density at radius 3 is 2.50 bits per heavy atom. The molecular formula is C31H43N3O5Si. The molecule has 2 aromatic carbocycles. The standard InChI is InChI=1S/C31H43N3O5Si/c1-21-27(13-10-22-8-11-25(12-9-22)33-15-14-32-18-30(33)37)39-28(31(21)40(2,3)38)17-29(36)34-19-24-7-5-4-6-23(24)16-26(34)20-35/h4-9,11-12,21,26-28,31-32,35,38H,10,13-20H2,1-3H3/t21-,26-,27+,28-,31+/m0/s1. The van der Waals surface area contributed by atoms with Gasteiger partial charge in [-0.25, -0.2) is 0 Å². The van der Waals surface area contributed by atoms with Gasteiger partial charge in [-0.3, -0.25) is 9.59 Å². The fraction of sp³-hybridized carbons (Fsp3) is 0.548. The highest BCUT2D eigenvalue weighted by molar-refractivity contribution is 6.71. The quantitative estimate of drug-likeness (QED) is 0.426. The summed E-state index contributed by atoms with van der Waals surface area (Å²) in [6, 6.07) is 16.1. The zero-order chi connectivity index (χ0) is 28.4. The first kappa shape index (κ1) is 28.9. The molecule has 2 saturated heterocycles. The number of hydrogen-bond donors (Lipinski definition) is 3. The van der Waals surface area contributed by atoms with Crippen LogP contribution >= 0.6 is 0 Å². The van der Waals surface area contributed by atoms with E-state index < -0.39 is 8.32 Å². The predicted octanol–water partition coefficient (Wildman–Crippen LogP) is 2.86. The minimum Gasteiger partial charge on any atom is -0.432 e. The third-order valence-corrected chi connectivity index (χ3v) is 11.6. The Bertz CT molecular complexity index is 1200. The molecule has 0 aliphatic carbocycles. The van der Waals surface area contributed by atoms with Gasteiger partial charge in [-0.15, -0.1) is 0 Å². The van der Waals surface area contributed by atoms with Gasteiger partial charge in [0.1, 0.15) is 0 Å². The zero-order valence-corrected chi connectivity index (χ0v) is 24.9. The second-order valence-corrected chi connectivity index (χ2v) is 16.2. The number of piperazine rings is 1. The van der Waals surface area contributed by atoms with E-state index >= 15 is 0 Å². The van der Waals surface area contributed by atoms with E-state index in [2.05, 4.69) is 30.4 Å². The van der Waals surface area contributed by atoms with Crippen molar-refractivity contribution in [2.75, 3.05) is 31.1 Å². The van der Waals surface area contributed by atoms with Crippen LogP contribution in [0.3, 0.4) is 0 Å². The molecule has 40 heavy (non-hydrogen) atoms. The molecule has 8 nitrogen and oxygen atoms in total. The fourth-order valence-electron chi connectivity index (χ4n) is 6.97. The number of carbonyl (C=O) groups excluding carboxylic acids is 2. The zero-order valence-electron chi connectivity index (χ0n) is 23.9. The number of carbonyl (C=O) groups is 2. The van der Waals surface area contributed by atoms with Crippen LogP contribution in [0.25, 0.3) is 0 Å². The van der Waals surface area contributed by atoms with Gasteiger partial charge in [0.2, 0.25) is 11.8 Å². The average Bonchev–Trinajstić information content (AvgIpc) is 3.26. The molecule has 3 heterocycles. The second kappa shape index (κ2) is 12.1. The van der Waals surface area contributed by atoms with Crippen molar-refractivity contribution in [1.29, 1.82) is 0 Å². The lowest BCUT2D eigenvalue weighted by molar-refractivity contribution is -0.138. The number of amides is 2. The van der Waals surface area contributed by atoms with E-state index in [1.54, 1.807) is 4.90 Å². The van der Waals surface area contributed by atoms with Crippen LogP contribution in [-0.4, -0.2) is 79.4 Å². The van der Waals surface area contributed by atoms with Gasteiger partial charge in [-0.2, -0.15) is 0 Å². The first-order valence-corrected chi connectivity index (χ1v) is 17.6. The van der Waals surface area contributed by atoms with E-state index in [0.717, 1.165) is 30.6 Å². The third-order valence-electron chi connectivity index (χ3n) is 9.04. The molecule has 0 aromatic heterocycles. The molecule has 216 valence electrons. The highest BCUT2D eigenvalue weighted by Gasteiger charge is 2.50. The van der Waals surface area contributed by atoms with E-state index in [-0.39, 0.29) is 54.6 Å². The van der Waals surface area contributed by atoms with Crippen molar-refractivity contribution in [2.24, 2.45) is 5.92 Å². The first-order valence-electron chi connectivity index (χ1n) is 14.6. The van der Waals surface area contributed by atoms with Crippen LogP contribution in [0.5, 0.6) is 0 Å². The lowest BCUT2D eigenvalue weighted by Gasteiger charge is -2.37. The first-order chi connectivity index (χ1) is 19.2. The molecule has 3 N–H and O–H groups in total. The van der Waals surface area contributed by atoms with Crippen LogP contribution in [0.4, 0.5) is 5.69 Å². The van der Waals surface area contributed by atoms with Gasteiger partial charge in [0, 0.05) is 30.9 Å². The summed E-state index contributed by atoms with van der Waals surface area (Å²) in [6.07, 6.45) is 2.10. The Kier molecular flexibility index (Phi) is 8.77. The third kappa shape index (κ3) is 6.18. The number of aryl methyl sites for hydroxylation is 1. The van der Waals surface area contributed by atoms with Gasteiger partial charge in [0.15, 0.2) is 8.32 Å². The molecule has 0 radical (unpaired) electrons. The van der Waals surface area contributed by atoms with Crippen LogP contribution in [0.1, 0.15) is 36.5 Å². The van der Waals surface area contributed by atoms with Gasteiger partial charge in [0.05, 0.1) is 37.8 Å². The Hall–Kier alpha value is -2.56. The van der Waals surface area contributed by atoms with Gasteiger partial charge < -0.3 is 29.8 Å². The molecule has 3 aliphatic heterocycles. The number of nitrogens with one attached hydrogen (secondary N) is 1. The SMILES string of the molecule is C[C@@H]1[C@@H]([Si](C)(C)O)[C@H](CC(=O)N2Cc3ccccc3C[C@H]2CO)O[C@@H]1CCc1ccc(N2CCNCC2=O)cc1. The number of fused-ring (bicyclic) bond motifs is 1. The van der Waals surface area contributed by atoms with Gasteiger partial charge in [-0.1, -0.05) is 43.3 Å². The number of ether oxygens (including phenoxy) is 1. The summed E-state index contributed by atoms with van der Waals surface area (Å²) in [4.78, 5) is 40.7. The number of aliphatic hydroxyl groups excluding tert-OH is 1. The van der Waals surface area contributed by atoms with Crippen molar-refractivity contribution < 1.29 is 24.2 Å². The number of aliphatic hydroxyl groups is 1. The summed E-state index contributed by atoms with van der Waals surface area (Å²) in [5.41, 5.74) is 4.36. The van der Waals surface area contributed by atoms with Crippen LogP contribution < -0.4 is 10.2 Å². The Balaban J connectivity index is 1.23. The molecular weight excluding hydrogens is 522 g/mol. The van der Waals surface area contributed by atoms with Crippen molar-refractivity contribution in [1.82, 2.24) is 10.2 Å². The Labute approximate surface area is 238 Å². The highest BCUT2D eigenvalue weighted by Crippen LogP contribution is 2.46. The number of nitrogens with zero attached hydrogens (tertiary/aromatic N) is 2. The summed E-state index contributed by atoms with van der Waals surface area (Å²) in [6.45, 7) is 8.31. The van der Waals surface area contributed by atoms with Crippen molar-refractivity contribution in [3.63, 3.8) is 0 Å². The molecule has 5 atom stereocenters. The molecule has 0 bridgehead atoms. The monoisotopic (exact) mass is 565 g/mol. The molecule has 0 saturated carbocycles. The summed E-state index contributed by atoms with van der Waals surface area (Å²) >= 11 is 0. The van der Waals surface area contributed by atoms with Crippen molar-refractivity contribution >= 4 is 25.8 Å². The summed E-state index contributed by atoms with van der Waals surface area (Å²) < 4.78 is 6.57. The minimum absolute atomic E-state index is 0.0206. The van der Waals surface area contributed by atoms with Gasteiger partial charge >= 0.3 is 0 Å². The van der Waals surface area contributed by atoms with E-state index in [1.165, 1.54) is 11.1 Å². The summed E-state index contributed by atoms with van der Waals surface area (Å²) in [5, 5.41) is 13.2. The van der Waals surface area contributed by atoms with Crippen molar-refractivity contribution in [2.45, 2.75) is 76.0 Å². The lowest BCUT2D eigenvalue weighted by Crippen LogP contribution is -2.48. The van der Waals surface area contributed by atoms with Crippen LogP contribution in [0, 0.1) is 5.92 Å². The smallest absolute Gasteiger partial charge is 0.240 e. The second-order valence-electron chi connectivity index (χ2n) is 12.2. The van der Waals surface area contributed by atoms with E-state index in [9.17, 15) is 19.5 Å². The van der Waals surface area contributed by atoms with Crippen LogP contribution in [0.2, 0.25) is 18.6 Å². The number of benzene rings is 2. The summed E-state index contributed by atoms with van der Waals surface area (Å²) in [5.74, 6) is 0.208. The minimum atomic E-state index is -2.62. The molecule has 0 unspecified atom stereocenters. The van der Waals surface area contributed by atoms with Crippen molar-refractivity contribution in [3.05, 3.63) is 65.2 Å². The predicted molar refractivity (Wildman–Crippen MR) is 157 cm³/mol. The largest absolute Gasteiger partial charge is 0.432 e. The van der Waals surface area contributed by atoms with Gasteiger partial charge in [-0.05, 0) is 67.1 Å².